The van der Waals surface area contributed by atoms with Crippen molar-refractivity contribution >= 4 is 40.6 Å². The van der Waals surface area contributed by atoms with Crippen molar-refractivity contribution in [3.05, 3.63) is 63.2 Å². The van der Waals surface area contributed by atoms with E-state index in [0.717, 1.165) is 6.07 Å². The molecule has 10 heteroatoms. The number of halogens is 1. The first-order valence-corrected chi connectivity index (χ1v) is 8.32. The van der Waals surface area contributed by atoms with Crippen LogP contribution in [-0.4, -0.2) is 34.3 Å². The van der Waals surface area contributed by atoms with E-state index in [2.05, 4.69) is 5.32 Å². The van der Waals surface area contributed by atoms with Crippen LogP contribution < -0.4 is 10.1 Å². The lowest BCUT2D eigenvalue weighted by Gasteiger charge is -2.10. The van der Waals surface area contributed by atoms with E-state index < -0.39 is 34.2 Å². The molecule has 146 valence electrons. The van der Waals surface area contributed by atoms with Gasteiger partial charge in [0.25, 0.3) is 17.4 Å². The number of amides is 1. The minimum Gasteiger partial charge on any atom is -0.493 e. The maximum absolute atomic E-state index is 12.2. The van der Waals surface area contributed by atoms with E-state index in [0.29, 0.717) is 11.4 Å². The molecule has 28 heavy (non-hydrogen) atoms. The number of carboxylic acids is 1. The number of nitro groups is 1. The standard InChI is InChI=1S/C18H15ClN2O7/c1-10(18(24)25)9-28-13-5-3-12(4-6-13)20-17(23)16(22)11-2-7-14(19)15(8-11)21(26)27/h2-8,10H,9H2,1H3,(H,20,23)(H,24,25). The SMILES string of the molecule is CC(COc1ccc(NC(=O)C(=O)c2ccc(Cl)c([N+](=O)[O-])c2)cc1)C(=O)O. The lowest BCUT2D eigenvalue weighted by molar-refractivity contribution is -0.384. The molecule has 2 N–H and O–H groups in total. The fourth-order valence-electron chi connectivity index (χ4n) is 2.04. The maximum atomic E-state index is 12.2. The molecule has 1 unspecified atom stereocenters. The van der Waals surface area contributed by atoms with Gasteiger partial charge in [0, 0.05) is 17.3 Å². The summed E-state index contributed by atoms with van der Waals surface area (Å²) in [6.45, 7) is 1.48. The second kappa shape index (κ2) is 8.96. The Labute approximate surface area is 164 Å². The molecule has 0 bridgehead atoms. The molecule has 2 rings (SSSR count). The third-order valence-corrected chi connectivity index (χ3v) is 3.96. The smallest absolute Gasteiger partial charge is 0.309 e. The number of carboxylic acid groups (broad SMARTS) is 1. The molecule has 0 spiro atoms. The summed E-state index contributed by atoms with van der Waals surface area (Å²) in [6.07, 6.45) is 0. The third-order valence-electron chi connectivity index (χ3n) is 3.65. The lowest BCUT2D eigenvalue weighted by Crippen LogP contribution is -2.23. The number of nitrogens with one attached hydrogen (secondary N) is 1. The van der Waals surface area contributed by atoms with E-state index in [1.165, 1.54) is 43.3 Å². The van der Waals surface area contributed by atoms with Gasteiger partial charge in [0.05, 0.1) is 10.8 Å². The largest absolute Gasteiger partial charge is 0.493 e. The van der Waals surface area contributed by atoms with Gasteiger partial charge in [-0.1, -0.05) is 11.6 Å². The van der Waals surface area contributed by atoms with E-state index in [1.54, 1.807) is 0 Å². The van der Waals surface area contributed by atoms with Crippen LogP contribution in [0.15, 0.2) is 42.5 Å². The molecule has 0 aromatic heterocycles. The lowest BCUT2D eigenvalue weighted by atomic mass is 10.1. The zero-order valence-corrected chi connectivity index (χ0v) is 15.3. The van der Waals surface area contributed by atoms with Crippen molar-refractivity contribution in [1.29, 1.82) is 0 Å². The Hall–Kier alpha value is -3.46. The number of Topliss-reactive ketones (excluding diaryl/α,β-unsaturated/α-hetero) is 1. The van der Waals surface area contributed by atoms with E-state index in [4.69, 9.17) is 21.4 Å². The zero-order chi connectivity index (χ0) is 20.8. The number of nitro benzene ring substituents is 1. The van der Waals surface area contributed by atoms with Gasteiger partial charge in [-0.15, -0.1) is 0 Å². The van der Waals surface area contributed by atoms with Crippen LogP contribution in [-0.2, 0) is 9.59 Å². The van der Waals surface area contributed by atoms with Crippen molar-refractivity contribution in [2.75, 3.05) is 11.9 Å². The average Bonchev–Trinajstić information content (AvgIpc) is 2.66. The molecule has 1 atom stereocenters. The summed E-state index contributed by atoms with van der Waals surface area (Å²) in [5.74, 6) is -3.21. The average molecular weight is 407 g/mol. The molecule has 0 aliphatic heterocycles. The number of carbonyl (C=O) groups excluding carboxylic acids is 2. The van der Waals surface area contributed by atoms with Gasteiger partial charge in [0.2, 0.25) is 0 Å². The molecule has 2 aromatic rings. The molecule has 9 nitrogen and oxygen atoms in total. The Morgan fingerprint density at radius 1 is 1.21 bits per heavy atom. The summed E-state index contributed by atoms with van der Waals surface area (Å²) in [5.41, 5.74) is -0.353. The summed E-state index contributed by atoms with van der Waals surface area (Å²) in [6, 6.07) is 9.27. The van der Waals surface area contributed by atoms with Crippen molar-refractivity contribution in [3.8, 4) is 5.75 Å². The number of aliphatic carboxylic acids is 1. The summed E-state index contributed by atoms with van der Waals surface area (Å²) in [7, 11) is 0. The predicted molar refractivity (Wildman–Crippen MR) is 99.8 cm³/mol. The van der Waals surface area contributed by atoms with Gasteiger partial charge in [-0.2, -0.15) is 0 Å². The Morgan fingerprint density at radius 3 is 2.43 bits per heavy atom. The molecule has 0 aliphatic carbocycles. The first kappa shape index (κ1) is 20.8. The number of ketones is 1. The molecule has 0 radical (unpaired) electrons. The summed E-state index contributed by atoms with van der Waals surface area (Å²) < 4.78 is 5.32. The molecule has 0 fully saturated rings. The van der Waals surface area contributed by atoms with Gasteiger partial charge < -0.3 is 15.2 Å². The molecule has 0 saturated carbocycles. The van der Waals surface area contributed by atoms with Crippen LogP contribution in [0.5, 0.6) is 5.75 Å². The summed E-state index contributed by atoms with van der Waals surface area (Å²) in [4.78, 5) is 45.2. The van der Waals surface area contributed by atoms with Crippen molar-refractivity contribution in [1.82, 2.24) is 0 Å². The zero-order valence-electron chi connectivity index (χ0n) is 14.5. The molecular weight excluding hydrogens is 392 g/mol. The number of hydrogen-bond donors (Lipinski definition) is 2. The highest BCUT2D eigenvalue weighted by atomic mass is 35.5. The summed E-state index contributed by atoms with van der Waals surface area (Å²) >= 11 is 5.68. The fourth-order valence-corrected chi connectivity index (χ4v) is 2.23. The number of benzene rings is 2. The van der Waals surface area contributed by atoms with Crippen LogP contribution in [0.2, 0.25) is 5.02 Å². The van der Waals surface area contributed by atoms with E-state index >= 15 is 0 Å². The number of nitrogens with zero attached hydrogens (tertiary/aromatic N) is 1. The molecule has 2 aromatic carbocycles. The van der Waals surface area contributed by atoms with Crippen LogP contribution in [0.4, 0.5) is 11.4 Å². The molecule has 0 heterocycles. The predicted octanol–water partition coefficient (Wildman–Crippen LogP) is 3.17. The first-order chi connectivity index (χ1) is 13.2. The van der Waals surface area contributed by atoms with Crippen LogP contribution in [0.1, 0.15) is 17.3 Å². The van der Waals surface area contributed by atoms with Crippen molar-refractivity contribution in [2.24, 2.45) is 5.92 Å². The van der Waals surface area contributed by atoms with Gasteiger partial charge in [-0.25, -0.2) is 0 Å². The minimum atomic E-state index is -0.982. The number of ether oxygens (including phenoxy) is 1. The fraction of sp³-hybridized carbons (Fsp3) is 0.167. The first-order valence-electron chi connectivity index (χ1n) is 7.94. The minimum absolute atomic E-state index is 0.0190. The van der Waals surface area contributed by atoms with Crippen molar-refractivity contribution < 1.29 is 29.2 Å². The topological polar surface area (TPSA) is 136 Å². The van der Waals surface area contributed by atoms with E-state index in [9.17, 15) is 24.5 Å². The normalized spacial score (nSPS) is 11.4. The molecule has 0 saturated heterocycles. The van der Waals surface area contributed by atoms with E-state index in [1.807, 2.05) is 0 Å². The van der Waals surface area contributed by atoms with Crippen molar-refractivity contribution in [3.63, 3.8) is 0 Å². The number of anilines is 1. The van der Waals surface area contributed by atoms with Gasteiger partial charge in [-0.3, -0.25) is 24.5 Å². The maximum Gasteiger partial charge on any atom is 0.309 e. The Kier molecular flexibility index (Phi) is 6.67. The number of carbonyl (C=O) groups is 3. The molecule has 1 amide bonds. The second-order valence-electron chi connectivity index (χ2n) is 5.78. The Bertz CT molecular complexity index is 928. The Morgan fingerprint density at radius 2 is 1.86 bits per heavy atom. The monoisotopic (exact) mass is 406 g/mol. The van der Waals surface area contributed by atoms with Crippen LogP contribution >= 0.6 is 11.6 Å². The Balaban J connectivity index is 2.02. The number of rotatable bonds is 8. The van der Waals surface area contributed by atoms with Crippen molar-refractivity contribution in [2.45, 2.75) is 6.92 Å². The summed E-state index contributed by atoms with van der Waals surface area (Å²) in [5, 5.41) is 21.9. The van der Waals surface area contributed by atoms with Gasteiger partial charge >= 0.3 is 5.97 Å². The van der Waals surface area contributed by atoms with E-state index in [-0.39, 0.29) is 17.2 Å². The third kappa shape index (κ3) is 5.27. The van der Waals surface area contributed by atoms with Gasteiger partial charge in [0.15, 0.2) is 0 Å². The highest BCUT2D eigenvalue weighted by molar-refractivity contribution is 6.46. The van der Waals surface area contributed by atoms with Crippen LogP contribution in [0.3, 0.4) is 0 Å². The highest BCUT2D eigenvalue weighted by Gasteiger charge is 2.21. The quantitative estimate of drug-likeness (QED) is 0.297. The highest BCUT2D eigenvalue weighted by Crippen LogP contribution is 2.25. The molecular formula is C18H15ClN2O7. The molecule has 0 aliphatic rings. The second-order valence-corrected chi connectivity index (χ2v) is 6.19. The number of hydrogen-bond acceptors (Lipinski definition) is 6. The van der Waals surface area contributed by atoms with Gasteiger partial charge in [-0.05, 0) is 43.3 Å². The van der Waals surface area contributed by atoms with Crippen LogP contribution in [0, 0.1) is 16.0 Å². The van der Waals surface area contributed by atoms with Gasteiger partial charge in [0.1, 0.15) is 17.4 Å². The van der Waals surface area contributed by atoms with Crippen LogP contribution in [0.25, 0.3) is 0 Å².